The van der Waals surface area contributed by atoms with Crippen molar-refractivity contribution >= 4 is 17.2 Å². The van der Waals surface area contributed by atoms with Gasteiger partial charge in [-0.25, -0.2) is 0 Å². The molecule has 0 aliphatic heterocycles. The van der Waals surface area contributed by atoms with Crippen LogP contribution < -0.4 is 5.32 Å². The van der Waals surface area contributed by atoms with E-state index in [1.807, 2.05) is 0 Å². The summed E-state index contributed by atoms with van der Waals surface area (Å²) >= 11 is 5.21. The fourth-order valence-corrected chi connectivity index (χ4v) is 1.45. The summed E-state index contributed by atoms with van der Waals surface area (Å²) in [7, 11) is 0. The van der Waals surface area contributed by atoms with Crippen LogP contribution in [0, 0.1) is 0 Å². The minimum atomic E-state index is 1.06. The molecule has 0 aliphatic rings. The Kier molecular flexibility index (Phi) is 9.89. The monoisotopic (exact) mass is 201 g/mol. The molecule has 0 aromatic heterocycles. The van der Waals surface area contributed by atoms with Crippen molar-refractivity contribution in [1.29, 1.82) is 0 Å². The predicted octanol–water partition coefficient (Wildman–Crippen LogP) is 3.67. The van der Waals surface area contributed by atoms with E-state index in [0.717, 1.165) is 18.0 Å². The Labute approximate surface area is 88.3 Å². The molecule has 0 saturated heterocycles. The van der Waals surface area contributed by atoms with Crippen molar-refractivity contribution in [2.45, 2.75) is 58.8 Å². The van der Waals surface area contributed by atoms with Gasteiger partial charge in [-0.15, -0.1) is 0 Å². The van der Waals surface area contributed by atoms with E-state index < -0.39 is 0 Å². The van der Waals surface area contributed by atoms with Crippen LogP contribution >= 0.6 is 12.2 Å². The van der Waals surface area contributed by atoms with Crippen LogP contribution in [0.1, 0.15) is 58.8 Å². The van der Waals surface area contributed by atoms with E-state index in [1.165, 1.54) is 38.5 Å². The number of unbranched alkanes of at least 4 members (excludes halogenated alkanes) is 4. The average molecular weight is 201 g/mol. The van der Waals surface area contributed by atoms with Gasteiger partial charge in [0.2, 0.25) is 0 Å². The molecule has 0 bridgehead atoms. The van der Waals surface area contributed by atoms with Gasteiger partial charge in [0.05, 0.1) is 4.99 Å². The smallest absolute Gasteiger partial charge is 0.0753 e. The average Bonchev–Trinajstić information content (AvgIpc) is 2.13. The molecule has 0 amide bonds. The lowest BCUT2D eigenvalue weighted by molar-refractivity contribution is 0.674. The van der Waals surface area contributed by atoms with Crippen molar-refractivity contribution in [3.63, 3.8) is 0 Å². The number of hydrogen-bond donors (Lipinski definition) is 1. The molecule has 0 heterocycles. The second-order valence-electron chi connectivity index (χ2n) is 3.51. The Morgan fingerprint density at radius 3 is 2.31 bits per heavy atom. The third-order valence-electron chi connectivity index (χ3n) is 2.11. The summed E-state index contributed by atoms with van der Waals surface area (Å²) in [6.07, 6.45) is 8.78. The van der Waals surface area contributed by atoms with Crippen LogP contribution in [0.25, 0.3) is 0 Å². The van der Waals surface area contributed by atoms with Crippen LogP contribution in [0.15, 0.2) is 0 Å². The molecule has 0 saturated carbocycles. The SMILES string of the molecule is CCCCCCC(=S)NCCCC. The first-order valence-corrected chi connectivity index (χ1v) is 5.98. The molecular formula is C11H23NS. The minimum absolute atomic E-state index is 1.06. The zero-order chi connectivity index (χ0) is 9.94. The summed E-state index contributed by atoms with van der Waals surface area (Å²) in [6.45, 7) is 5.49. The van der Waals surface area contributed by atoms with Gasteiger partial charge in [-0.3, -0.25) is 0 Å². The molecule has 0 spiro atoms. The van der Waals surface area contributed by atoms with Crippen LogP contribution in [0.4, 0.5) is 0 Å². The molecular weight excluding hydrogens is 178 g/mol. The van der Waals surface area contributed by atoms with E-state index in [4.69, 9.17) is 12.2 Å². The Balaban J connectivity index is 3.11. The van der Waals surface area contributed by atoms with Gasteiger partial charge in [-0.05, 0) is 19.3 Å². The quantitative estimate of drug-likeness (QED) is 0.475. The molecule has 78 valence electrons. The standard InChI is InChI=1S/C11H23NS/c1-3-5-7-8-9-11(13)12-10-6-4-2/h3-10H2,1-2H3,(H,12,13). The molecule has 1 N–H and O–H groups in total. The predicted molar refractivity (Wildman–Crippen MR) is 64.3 cm³/mol. The van der Waals surface area contributed by atoms with E-state index >= 15 is 0 Å². The minimum Gasteiger partial charge on any atom is -0.380 e. The number of nitrogens with one attached hydrogen (secondary N) is 1. The highest BCUT2D eigenvalue weighted by Gasteiger charge is 1.94. The first-order valence-electron chi connectivity index (χ1n) is 5.58. The van der Waals surface area contributed by atoms with E-state index in [2.05, 4.69) is 19.2 Å². The molecule has 0 aromatic carbocycles. The number of rotatable bonds is 8. The Morgan fingerprint density at radius 2 is 1.69 bits per heavy atom. The molecule has 0 rings (SSSR count). The summed E-state index contributed by atoms with van der Waals surface area (Å²) in [5, 5.41) is 3.29. The van der Waals surface area contributed by atoms with Gasteiger partial charge >= 0.3 is 0 Å². The van der Waals surface area contributed by atoms with Crippen LogP contribution in [0.3, 0.4) is 0 Å². The van der Waals surface area contributed by atoms with Gasteiger partial charge in [-0.2, -0.15) is 0 Å². The third-order valence-corrected chi connectivity index (χ3v) is 2.46. The summed E-state index contributed by atoms with van der Waals surface area (Å²) in [4.78, 5) is 1.06. The maximum atomic E-state index is 5.21. The molecule has 0 aromatic rings. The number of thiocarbonyl (C=S) groups is 1. The Bertz CT molecular complexity index is 123. The summed E-state index contributed by atoms with van der Waals surface area (Å²) in [6, 6.07) is 0. The molecule has 0 aliphatic carbocycles. The molecule has 1 nitrogen and oxygen atoms in total. The van der Waals surface area contributed by atoms with Crippen LogP contribution in [0.2, 0.25) is 0 Å². The summed E-state index contributed by atoms with van der Waals surface area (Å²) in [5.41, 5.74) is 0. The van der Waals surface area contributed by atoms with Crippen LogP contribution in [0.5, 0.6) is 0 Å². The second kappa shape index (κ2) is 9.97. The summed E-state index contributed by atoms with van der Waals surface area (Å²) < 4.78 is 0. The van der Waals surface area contributed by atoms with Gasteiger partial charge in [-0.1, -0.05) is 51.7 Å². The molecule has 0 unspecified atom stereocenters. The van der Waals surface area contributed by atoms with Crippen LogP contribution in [-0.2, 0) is 0 Å². The second-order valence-corrected chi connectivity index (χ2v) is 4.01. The largest absolute Gasteiger partial charge is 0.380 e. The molecule has 13 heavy (non-hydrogen) atoms. The zero-order valence-electron chi connectivity index (χ0n) is 9.07. The fraction of sp³-hybridized carbons (Fsp3) is 0.909. The maximum absolute atomic E-state index is 5.21. The van der Waals surface area contributed by atoms with Crippen molar-refractivity contribution in [2.75, 3.05) is 6.54 Å². The highest BCUT2D eigenvalue weighted by molar-refractivity contribution is 7.80. The summed E-state index contributed by atoms with van der Waals surface area (Å²) in [5.74, 6) is 0. The molecule has 0 fully saturated rings. The molecule has 0 radical (unpaired) electrons. The molecule has 0 atom stereocenters. The van der Waals surface area contributed by atoms with Crippen molar-refractivity contribution in [2.24, 2.45) is 0 Å². The lowest BCUT2D eigenvalue weighted by Gasteiger charge is -2.06. The van der Waals surface area contributed by atoms with Gasteiger partial charge in [0.15, 0.2) is 0 Å². The Morgan fingerprint density at radius 1 is 1.00 bits per heavy atom. The fourth-order valence-electron chi connectivity index (χ4n) is 1.21. The van der Waals surface area contributed by atoms with Crippen LogP contribution in [-0.4, -0.2) is 11.5 Å². The van der Waals surface area contributed by atoms with Crippen molar-refractivity contribution in [1.82, 2.24) is 5.32 Å². The van der Waals surface area contributed by atoms with E-state index in [1.54, 1.807) is 0 Å². The van der Waals surface area contributed by atoms with E-state index in [0.29, 0.717) is 0 Å². The van der Waals surface area contributed by atoms with E-state index in [-0.39, 0.29) is 0 Å². The van der Waals surface area contributed by atoms with Gasteiger partial charge in [0.1, 0.15) is 0 Å². The number of hydrogen-bond acceptors (Lipinski definition) is 1. The van der Waals surface area contributed by atoms with Gasteiger partial charge in [0, 0.05) is 6.54 Å². The van der Waals surface area contributed by atoms with Crippen molar-refractivity contribution < 1.29 is 0 Å². The van der Waals surface area contributed by atoms with Gasteiger partial charge in [0.25, 0.3) is 0 Å². The maximum Gasteiger partial charge on any atom is 0.0753 e. The highest BCUT2D eigenvalue weighted by Crippen LogP contribution is 2.02. The van der Waals surface area contributed by atoms with Crippen molar-refractivity contribution in [3.8, 4) is 0 Å². The zero-order valence-corrected chi connectivity index (χ0v) is 9.88. The highest BCUT2D eigenvalue weighted by atomic mass is 32.1. The lowest BCUT2D eigenvalue weighted by Crippen LogP contribution is -2.22. The lowest BCUT2D eigenvalue weighted by atomic mass is 10.1. The van der Waals surface area contributed by atoms with Crippen molar-refractivity contribution in [3.05, 3.63) is 0 Å². The van der Waals surface area contributed by atoms with Gasteiger partial charge < -0.3 is 5.32 Å². The first kappa shape index (κ1) is 12.9. The molecule has 2 heteroatoms. The topological polar surface area (TPSA) is 12.0 Å². The Hall–Kier alpha value is -0.110. The normalized spacial score (nSPS) is 10.0. The first-order chi connectivity index (χ1) is 6.31. The third kappa shape index (κ3) is 9.81. The van der Waals surface area contributed by atoms with E-state index in [9.17, 15) is 0 Å².